The molecule has 0 heterocycles. The molecule has 19 heavy (non-hydrogen) atoms. The van der Waals surface area contributed by atoms with Gasteiger partial charge >= 0.3 is 5.97 Å². The summed E-state index contributed by atoms with van der Waals surface area (Å²) < 4.78 is 4.89. The smallest absolute Gasteiger partial charge is 0.305 e. The molecule has 0 aromatic heterocycles. The van der Waals surface area contributed by atoms with Gasteiger partial charge in [0.05, 0.1) is 6.61 Å². The Kier molecular flexibility index (Phi) is 12.0. The van der Waals surface area contributed by atoms with Crippen LogP contribution in [0.5, 0.6) is 0 Å². The van der Waals surface area contributed by atoms with Crippen LogP contribution in [-0.4, -0.2) is 50.2 Å². The summed E-state index contributed by atoms with van der Waals surface area (Å²) in [5, 5.41) is 3.45. The molecule has 4 heteroatoms. The molecule has 0 radical (unpaired) electrons. The Morgan fingerprint density at radius 2 is 1.95 bits per heavy atom. The summed E-state index contributed by atoms with van der Waals surface area (Å²) in [5.41, 5.74) is 0. The molecule has 4 nitrogen and oxygen atoms in total. The first-order valence-electron chi connectivity index (χ1n) is 7.68. The lowest BCUT2D eigenvalue weighted by molar-refractivity contribution is -0.143. The number of hydrogen-bond acceptors (Lipinski definition) is 4. The second-order valence-corrected chi connectivity index (χ2v) is 5.10. The van der Waals surface area contributed by atoms with Crippen LogP contribution < -0.4 is 5.32 Å². The lowest BCUT2D eigenvalue weighted by atomic mass is 10.2. The first-order valence-corrected chi connectivity index (χ1v) is 7.68. The molecule has 0 bridgehead atoms. The van der Waals surface area contributed by atoms with E-state index in [0.29, 0.717) is 19.1 Å². The first-order chi connectivity index (χ1) is 9.11. The van der Waals surface area contributed by atoms with Crippen molar-refractivity contribution in [3.63, 3.8) is 0 Å². The molecule has 1 atom stereocenters. The van der Waals surface area contributed by atoms with E-state index >= 15 is 0 Å². The van der Waals surface area contributed by atoms with E-state index in [0.717, 1.165) is 38.9 Å². The first kappa shape index (κ1) is 18.4. The summed E-state index contributed by atoms with van der Waals surface area (Å²) in [5.74, 6) is -0.0642. The molecule has 0 spiro atoms. The van der Waals surface area contributed by atoms with E-state index in [4.69, 9.17) is 4.74 Å². The molecular weight excluding hydrogens is 240 g/mol. The van der Waals surface area contributed by atoms with Crippen molar-refractivity contribution in [2.24, 2.45) is 0 Å². The van der Waals surface area contributed by atoms with Gasteiger partial charge in [-0.2, -0.15) is 0 Å². The minimum absolute atomic E-state index is 0.0642. The number of esters is 1. The van der Waals surface area contributed by atoms with Gasteiger partial charge in [-0.25, -0.2) is 0 Å². The van der Waals surface area contributed by atoms with Crippen molar-refractivity contribution in [3.8, 4) is 0 Å². The zero-order valence-electron chi connectivity index (χ0n) is 13.2. The van der Waals surface area contributed by atoms with Crippen LogP contribution in [-0.2, 0) is 9.53 Å². The average molecular weight is 272 g/mol. The van der Waals surface area contributed by atoms with Crippen molar-refractivity contribution >= 4 is 5.97 Å². The third-order valence-corrected chi connectivity index (χ3v) is 3.52. The van der Waals surface area contributed by atoms with Crippen LogP contribution in [0.4, 0.5) is 0 Å². The van der Waals surface area contributed by atoms with Gasteiger partial charge in [-0.05, 0) is 46.7 Å². The fourth-order valence-electron chi connectivity index (χ4n) is 1.84. The predicted molar refractivity (Wildman–Crippen MR) is 80.4 cm³/mol. The van der Waals surface area contributed by atoms with Gasteiger partial charge in [-0.1, -0.05) is 13.3 Å². The van der Waals surface area contributed by atoms with Crippen LogP contribution in [0.1, 0.15) is 52.9 Å². The van der Waals surface area contributed by atoms with Crippen molar-refractivity contribution < 1.29 is 9.53 Å². The molecule has 1 unspecified atom stereocenters. The Hall–Kier alpha value is -0.610. The van der Waals surface area contributed by atoms with E-state index in [1.807, 2.05) is 6.92 Å². The third-order valence-electron chi connectivity index (χ3n) is 3.52. The van der Waals surface area contributed by atoms with Crippen LogP contribution >= 0.6 is 0 Å². The molecule has 0 fully saturated rings. The minimum atomic E-state index is -0.0642. The normalized spacial score (nSPS) is 12.7. The van der Waals surface area contributed by atoms with Gasteiger partial charge in [0.25, 0.3) is 0 Å². The quantitative estimate of drug-likeness (QED) is 0.438. The molecule has 0 aromatic rings. The maximum atomic E-state index is 11.1. The topological polar surface area (TPSA) is 41.6 Å². The van der Waals surface area contributed by atoms with Crippen molar-refractivity contribution in [1.82, 2.24) is 10.2 Å². The van der Waals surface area contributed by atoms with E-state index < -0.39 is 0 Å². The molecule has 1 N–H and O–H groups in total. The van der Waals surface area contributed by atoms with Crippen LogP contribution in [0.3, 0.4) is 0 Å². The SMILES string of the molecule is CCOC(=O)CCCCCNCCN(C)C(C)CC. The maximum absolute atomic E-state index is 11.1. The zero-order valence-corrected chi connectivity index (χ0v) is 13.2. The fourth-order valence-corrected chi connectivity index (χ4v) is 1.84. The van der Waals surface area contributed by atoms with E-state index in [9.17, 15) is 4.79 Å². The van der Waals surface area contributed by atoms with Gasteiger partial charge in [0, 0.05) is 25.6 Å². The number of carbonyl (C=O) groups excluding carboxylic acids is 1. The number of ether oxygens (including phenoxy) is 1. The van der Waals surface area contributed by atoms with Crippen molar-refractivity contribution in [3.05, 3.63) is 0 Å². The van der Waals surface area contributed by atoms with Crippen LogP contribution in [0.25, 0.3) is 0 Å². The van der Waals surface area contributed by atoms with E-state index in [1.54, 1.807) is 0 Å². The number of rotatable bonds is 12. The number of carbonyl (C=O) groups is 1. The Morgan fingerprint density at radius 1 is 1.21 bits per heavy atom. The van der Waals surface area contributed by atoms with E-state index in [2.05, 4.69) is 31.1 Å². The Balaban J connectivity index is 3.25. The van der Waals surface area contributed by atoms with E-state index in [1.165, 1.54) is 6.42 Å². The summed E-state index contributed by atoms with van der Waals surface area (Å²) in [6.45, 7) is 9.99. The van der Waals surface area contributed by atoms with Gasteiger partial charge < -0.3 is 15.0 Å². The fraction of sp³-hybridized carbons (Fsp3) is 0.933. The third kappa shape index (κ3) is 11.0. The van der Waals surface area contributed by atoms with Crippen molar-refractivity contribution in [2.75, 3.05) is 33.3 Å². The molecule has 0 aliphatic rings. The van der Waals surface area contributed by atoms with Crippen LogP contribution in [0, 0.1) is 0 Å². The van der Waals surface area contributed by atoms with Gasteiger partial charge in [0.2, 0.25) is 0 Å². The molecule has 0 aromatic carbocycles. The highest BCUT2D eigenvalue weighted by Gasteiger charge is 2.05. The molecule has 0 aliphatic heterocycles. The molecular formula is C15H32N2O2. The highest BCUT2D eigenvalue weighted by Crippen LogP contribution is 2.01. The maximum Gasteiger partial charge on any atom is 0.305 e. The summed E-state index contributed by atoms with van der Waals surface area (Å²) in [4.78, 5) is 13.5. The summed E-state index contributed by atoms with van der Waals surface area (Å²) >= 11 is 0. The van der Waals surface area contributed by atoms with Crippen molar-refractivity contribution in [2.45, 2.75) is 58.9 Å². The lowest BCUT2D eigenvalue weighted by Crippen LogP contribution is -2.35. The predicted octanol–water partition coefficient (Wildman–Crippen LogP) is 2.43. The number of unbranched alkanes of at least 4 members (excludes halogenated alkanes) is 2. The molecule has 0 saturated carbocycles. The Labute approximate surface area is 118 Å². The molecule has 0 amide bonds. The number of nitrogens with zero attached hydrogens (tertiary/aromatic N) is 1. The molecule has 0 saturated heterocycles. The number of nitrogens with one attached hydrogen (secondary N) is 1. The van der Waals surface area contributed by atoms with E-state index in [-0.39, 0.29) is 5.97 Å². The monoisotopic (exact) mass is 272 g/mol. The van der Waals surface area contributed by atoms with Gasteiger partial charge in [-0.15, -0.1) is 0 Å². The summed E-state index contributed by atoms with van der Waals surface area (Å²) in [6, 6.07) is 0.659. The second-order valence-electron chi connectivity index (χ2n) is 5.10. The molecule has 114 valence electrons. The average Bonchev–Trinajstić information content (AvgIpc) is 2.40. The summed E-state index contributed by atoms with van der Waals surface area (Å²) in [6.07, 6.45) is 4.92. The zero-order chi connectivity index (χ0) is 14.5. The molecule has 0 rings (SSSR count). The van der Waals surface area contributed by atoms with Crippen LogP contribution in [0.2, 0.25) is 0 Å². The van der Waals surface area contributed by atoms with Crippen LogP contribution in [0.15, 0.2) is 0 Å². The minimum Gasteiger partial charge on any atom is -0.466 e. The Bertz CT molecular complexity index is 222. The lowest BCUT2D eigenvalue weighted by Gasteiger charge is -2.23. The Morgan fingerprint density at radius 3 is 2.58 bits per heavy atom. The largest absolute Gasteiger partial charge is 0.466 e. The second kappa shape index (κ2) is 12.4. The summed E-state index contributed by atoms with van der Waals surface area (Å²) in [7, 11) is 2.18. The highest BCUT2D eigenvalue weighted by molar-refractivity contribution is 5.69. The highest BCUT2D eigenvalue weighted by atomic mass is 16.5. The number of likely N-dealkylation sites (N-methyl/N-ethyl adjacent to an activating group) is 1. The number of hydrogen-bond donors (Lipinski definition) is 1. The van der Waals surface area contributed by atoms with Gasteiger partial charge in [0.15, 0.2) is 0 Å². The van der Waals surface area contributed by atoms with Gasteiger partial charge in [-0.3, -0.25) is 4.79 Å². The van der Waals surface area contributed by atoms with Gasteiger partial charge in [0.1, 0.15) is 0 Å². The molecule has 0 aliphatic carbocycles. The standard InChI is InChI=1S/C15H32N2O2/c1-5-14(3)17(4)13-12-16-11-9-7-8-10-15(18)19-6-2/h14,16H,5-13H2,1-4H3. The van der Waals surface area contributed by atoms with Crippen molar-refractivity contribution in [1.29, 1.82) is 0 Å².